The van der Waals surface area contributed by atoms with Crippen molar-refractivity contribution in [1.82, 2.24) is 4.90 Å². The van der Waals surface area contributed by atoms with Crippen LogP contribution in [-0.2, 0) is 22.8 Å². The number of halogens is 2. The van der Waals surface area contributed by atoms with Crippen molar-refractivity contribution < 1.29 is 23.8 Å². The van der Waals surface area contributed by atoms with E-state index in [1.54, 1.807) is 19.2 Å². The predicted octanol–water partition coefficient (Wildman–Crippen LogP) is 8.20. The number of allylic oxidation sites excluding steroid dienone is 4. The molecular formula is C35H33Cl2NO5. The highest BCUT2D eigenvalue weighted by molar-refractivity contribution is 6.37. The van der Waals surface area contributed by atoms with Crippen LogP contribution in [0, 0.1) is 0 Å². The number of ether oxygens (including phenoxy) is 3. The zero-order chi connectivity index (χ0) is 30.1. The highest BCUT2D eigenvalue weighted by Crippen LogP contribution is 2.50. The van der Waals surface area contributed by atoms with Gasteiger partial charge in [0, 0.05) is 48.3 Å². The molecule has 3 aliphatic rings. The van der Waals surface area contributed by atoms with E-state index in [1.165, 1.54) is 0 Å². The summed E-state index contributed by atoms with van der Waals surface area (Å²) >= 11 is 13.6. The van der Waals surface area contributed by atoms with E-state index in [0.29, 0.717) is 57.9 Å². The number of nitrogens with zero attached hydrogens (tertiary/aromatic N) is 1. The van der Waals surface area contributed by atoms with Gasteiger partial charge in [0.1, 0.15) is 13.2 Å². The standard InChI is InChI=1S/C35H33Cl2NO5/c1-38-26-10-6-12-28(39)33(26)32(34-27(38)11-7-13-29(34)40)23-17-24(36)35(25(37)18-23)43-20-22-14-15-30(31(16-22)41-2)42-19-21-8-4-3-5-9-21/h3-5,8-9,14-18,32H,6-7,10-13,19-20H2,1-2H3. The summed E-state index contributed by atoms with van der Waals surface area (Å²) < 4.78 is 17.7. The molecule has 6 rings (SSSR count). The van der Waals surface area contributed by atoms with Crippen molar-refractivity contribution >= 4 is 34.8 Å². The molecule has 0 radical (unpaired) electrons. The lowest BCUT2D eigenvalue weighted by Crippen LogP contribution is -2.37. The molecule has 0 bridgehead atoms. The Morgan fingerprint density at radius 2 is 1.35 bits per heavy atom. The zero-order valence-corrected chi connectivity index (χ0v) is 25.8. The third kappa shape index (κ3) is 5.78. The number of benzene rings is 3. The predicted molar refractivity (Wildman–Crippen MR) is 167 cm³/mol. The minimum absolute atomic E-state index is 0.0840. The minimum Gasteiger partial charge on any atom is -0.493 e. The molecule has 222 valence electrons. The first kappa shape index (κ1) is 29.3. The summed E-state index contributed by atoms with van der Waals surface area (Å²) in [5.74, 6) is 1.26. The van der Waals surface area contributed by atoms with Crippen molar-refractivity contribution in [3.05, 3.63) is 110 Å². The second-order valence-electron chi connectivity index (χ2n) is 11.1. The van der Waals surface area contributed by atoms with Crippen LogP contribution in [0.25, 0.3) is 0 Å². The lowest BCUT2D eigenvalue weighted by atomic mass is 9.71. The second-order valence-corrected chi connectivity index (χ2v) is 11.9. The summed E-state index contributed by atoms with van der Waals surface area (Å²) in [6.07, 6.45) is 4.18. The number of carbonyl (C=O) groups is 2. The van der Waals surface area contributed by atoms with Gasteiger partial charge in [-0.05, 0) is 66.6 Å². The fourth-order valence-corrected chi connectivity index (χ4v) is 6.99. The van der Waals surface area contributed by atoms with Gasteiger partial charge in [-0.1, -0.05) is 59.6 Å². The molecular weight excluding hydrogens is 585 g/mol. The highest BCUT2D eigenvalue weighted by Gasteiger charge is 2.42. The minimum atomic E-state index is -0.474. The van der Waals surface area contributed by atoms with Gasteiger partial charge in [0.15, 0.2) is 28.8 Å². The first-order valence-electron chi connectivity index (χ1n) is 14.6. The largest absolute Gasteiger partial charge is 0.493 e. The molecule has 3 aromatic rings. The molecule has 8 heteroatoms. The molecule has 3 aromatic carbocycles. The van der Waals surface area contributed by atoms with E-state index in [0.717, 1.165) is 53.8 Å². The van der Waals surface area contributed by atoms with Crippen LogP contribution in [0.15, 0.2) is 83.2 Å². The van der Waals surface area contributed by atoms with E-state index >= 15 is 0 Å². The van der Waals surface area contributed by atoms with E-state index in [2.05, 4.69) is 4.90 Å². The van der Waals surface area contributed by atoms with Gasteiger partial charge in [-0.15, -0.1) is 0 Å². The Bertz CT molecular complexity index is 1580. The Hall–Kier alpha value is -3.74. The molecule has 0 fully saturated rings. The molecule has 0 aromatic heterocycles. The van der Waals surface area contributed by atoms with Gasteiger partial charge in [0.05, 0.1) is 17.2 Å². The smallest absolute Gasteiger partial charge is 0.161 e. The van der Waals surface area contributed by atoms with Crippen molar-refractivity contribution in [1.29, 1.82) is 0 Å². The second kappa shape index (κ2) is 12.5. The highest BCUT2D eigenvalue weighted by atomic mass is 35.5. The first-order chi connectivity index (χ1) is 20.9. The molecule has 0 saturated heterocycles. The summed E-state index contributed by atoms with van der Waals surface area (Å²) in [6, 6.07) is 19.1. The van der Waals surface area contributed by atoms with Gasteiger partial charge < -0.3 is 19.1 Å². The fourth-order valence-electron chi connectivity index (χ4n) is 6.38. The molecule has 0 N–H and O–H groups in total. The average molecular weight is 619 g/mol. The first-order valence-corrected chi connectivity index (χ1v) is 15.3. The monoisotopic (exact) mass is 617 g/mol. The van der Waals surface area contributed by atoms with Crippen molar-refractivity contribution in [2.75, 3.05) is 14.2 Å². The van der Waals surface area contributed by atoms with E-state index in [1.807, 2.05) is 55.6 Å². The van der Waals surface area contributed by atoms with Gasteiger partial charge in [-0.3, -0.25) is 9.59 Å². The summed E-state index contributed by atoms with van der Waals surface area (Å²) in [6.45, 7) is 0.625. The lowest BCUT2D eigenvalue weighted by molar-refractivity contribution is -0.117. The SMILES string of the molecule is COc1cc(COc2c(Cl)cc(C3C4=C(CCCC4=O)N(C)C4=C3C(=O)CCC4)cc2Cl)ccc1OCc1ccccc1. The number of ketones is 2. The molecule has 0 amide bonds. The Morgan fingerprint density at radius 1 is 0.744 bits per heavy atom. The summed E-state index contributed by atoms with van der Waals surface area (Å²) in [5, 5.41) is 0.652. The molecule has 0 saturated carbocycles. The number of methoxy groups -OCH3 is 1. The lowest BCUT2D eigenvalue weighted by Gasteiger charge is -2.42. The van der Waals surface area contributed by atoms with Crippen LogP contribution in [-0.4, -0.2) is 30.6 Å². The van der Waals surface area contributed by atoms with Gasteiger partial charge in [0.2, 0.25) is 0 Å². The Morgan fingerprint density at radius 3 is 1.95 bits per heavy atom. The normalized spacial score (nSPS) is 17.2. The van der Waals surface area contributed by atoms with Crippen LogP contribution in [0.4, 0.5) is 0 Å². The summed E-state index contributed by atoms with van der Waals surface area (Å²) in [4.78, 5) is 28.7. The van der Waals surface area contributed by atoms with Crippen LogP contribution >= 0.6 is 23.2 Å². The summed E-state index contributed by atoms with van der Waals surface area (Å²) in [5.41, 5.74) is 6.06. The van der Waals surface area contributed by atoms with Gasteiger partial charge in [-0.25, -0.2) is 0 Å². The Balaban J connectivity index is 1.25. The maximum atomic E-state index is 13.3. The van der Waals surface area contributed by atoms with Crippen molar-refractivity contribution in [3.8, 4) is 17.2 Å². The summed E-state index contributed by atoms with van der Waals surface area (Å²) in [7, 11) is 3.58. The quantitative estimate of drug-likeness (QED) is 0.254. The molecule has 2 aliphatic carbocycles. The van der Waals surface area contributed by atoms with Gasteiger partial charge in [-0.2, -0.15) is 0 Å². The van der Waals surface area contributed by atoms with E-state index in [4.69, 9.17) is 37.4 Å². The van der Waals surface area contributed by atoms with Crippen molar-refractivity contribution in [3.63, 3.8) is 0 Å². The third-order valence-corrected chi connectivity index (χ3v) is 9.01. The molecule has 0 unspecified atom stereocenters. The molecule has 1 aliphatic heterocycles. The van der Waals surface area contributed by atoms with Crippen LogP contribution in [0.5, 0.6) is 17.2 Å². The molecule has 0 spiro atoms. The Kier molecular flexibility index (Phi) is 8.51. The van der Waals surface area contributed by atoms with Crippen LogP contribution < -0.4 is 14.2 Å². The number of hydrogen-bond donors (Lipinski definition) is 0. The molecule has 0 atom stereocenters. The van der Waals surface area contributed by atoms with Gasteiger partial charge >= 0.3 is 0 Å². The van der Waals surface area contributed by atoms with E-state index in [-0.39, 0.29) is 18.2 Å². The maximum absolute atomic E-state index is 13.3. The molecule has 43 heavy (non-hydrogen) atoms. The number of rotatable bonds is 8. The average Bonchev–Trinajstić information content (AvgIpc) is 3.01. The van der Waals surface area contributed by atoms with E-state index < -0.39 is 5.92 Å². The molecule has 1 heterocycles. The third-order valence-electron chi connectivity index (χ3n) is 8.45. The topological polar surface area (TPSA) is 65.1 Å². The molecule has 6 nitrogen and oxygen atoms in total. The number of Topliss-reactive ketones (excluding diaryl/α,β-unsaturated/α-hetero) is 2. The number of hydrogen-bond acceptors (Lipinski definition) is 6. The number of carbonyl (C=O) groups excluding carboxylic acids is 2. The Labute approximate surface area is 261 Å². The zero-order valence-electron chi connectivity index (χ0n) is 24.3. The van der Waals surface area contributed by atoms with Crippen LogP contribution in [0.2, 0.25) is 10.0 Å². The maximum Gasteiger partial charge on any atom is 0.161 e. The van der Waals surface area contributed by atoms with Crippen LogP contribution in [0.3, 0.4) is 0 Å². The van der Waals surface area contributed by atoms with Crippen molar-refractivity contribution in [2.24, 2.45) is 0 Å². The van der Waals surface area contributed by atoms with E-state index in [9.17, 15) is 9.59 Å². The van der Waals surface area contributed by atoms with Crippen molar-refractivity contribution in [2.45, 2.75) is 57.7 Å². The van der Waals surface area contributed by atoms with Gasteiger partial charge in [0.25, 0.3) is 0 Å². The fraction of sp³-hybridized carbons (Fsp3) is 0.314. The van der Waals surface area contributed by atoms with Crippen LogP contribution in [0.1, 0.15) is 61.1 Å².